The SMILES string of the molecule is NC(=O)CC(O)C(O)c1ccc(C(F)(F)F)c(Cl)c1. The maximum Gasteiger partial charge on any atom is 0.417 e. The van der Waals surface area contributed by atoms with Gasteiger partial charge in [-0.25, -0.2) is 0 Å². The van der Waals surface area contributed by atoms with E-state index in [0.717, 1.165) is 12.1 Å². The van der Waals surface area contributed by atoms with Crippen molar-refractivity contribution in [2.24, 2.45) is 5.73 Å². The number of carbonyl (C=O) groups is 1. The van der Waals surface area contributed by atoms with Crippen molar-refractivity contribution in [1.29, 1.82) is 0 Å². The summed E-state index contributed by atoms with van der Waals surface area (Å²) < 4.78 is 37.4. The number of benzene rings is 1. The van der Waals surface area contributed by atoms with Crippen LogP contribution >= 0.6 is 11.6 Å². The Morgan fingerprint density at radius 3 is 2.37 bits per heavy atom. The molecule has 0 spiro atoms. The number of carbonyl (C=O) groups excluding carboxylic acids is 1. The molecule has 8 heteroatoms. The largest absolute Gasteiger partial charge is 0.417 e. The molecule has 1 rings (SSSR count). The molecule has 4 nitrogen and oxygen atoms in total. The number of halogens is 4. The van der Waals surface area contributed by atoms with E-state index in [2.05, 4.69) is 0 Å². The Morgan fingerprint density at radius 1 is 1.37 bits per heavy atom. The van der Waals surface area contributed by atoms with Gasteiger partial charge in [0, 0.05) is 0 Å². The van der Waals surface area contributed by atoms with E-state index >= 15 is 0 Å². The highest BCUT2D eigenvalue weighted by atomic mass is 35.5. The highest BCUT2D eigenvalue weighted by molar-refractivity contribution is 6.31. The molecule has 0 saturated carbocycles. The van der Waals surface area contributed by atoms with Crippen molar-refractivity contribution in [3.05, 3.63) is 34.3 Å². The van der Waals surface area contributed by atoms with Crippen LogP contribution in [0.3, 0.4) is 0 Å². The molecule has 0 aliphatic rings. The molecule has 1 aromatic rings. The maximum absolute atomic E-state index is 12.5. The molecule has 19 heavy (non-hydrogen) atoms. The minimum Gasteiger partial charge on any atom is -0.390 e. The third-order valence-corrected chi connectivity index (χ3v) is 2.73. The molecule has 106 valence electrons. The normalized spacial score (nSPS) is 15.1. The zero-order valence-electron chi connectivity index (χ0n) is 9.49. The molecule has 0 radical (unpaired) electrons. The van der Waals surface area contributed by atoms with Gasteiger partial charge in [0.25, 0.3) is 0 Å². The summed E-state index contributed by atoms with van der Waals surface area (Å²) in [5, 5.41) is 18.5. The Balaban J connectivity index is 2.98. The molecule has 0 aliphatic carbocycles. The summed E-state index contributed by atoms with van der Waals surface area (Å²) in [7, 11) is 0. The number of primary amides is 1. The summed E-state index contributed by atoms with van der Waals surface area (Å²) in [4.78, 5) is 10.6. The van der Waals surface area contributed by atoms with Gasteiger partial charge in [-0.3, -0.25) is 4.79 Å². The van der Waals surface area contributed by atoms with Gasteiger partial charge in [-0.2, -0.15) is 13.2 Å². The predicted octanol–water partition coefficient (Wildman–Crippen LogP) is 1.63. The average Bonchev–Trinajstić information content (AvgIpc) is 2.25. The fourth-order valence-electron chi connectivity index (χ4n) is 1.49. The van der Waals surface area contributed by atoms with Gasteiger partial charge in [0.1, 0.15) is 6.10 Å². The van der Waals surface area contributed by atoms with Crippen molar-refractivity contribution in [3.8, 4) is 0 Å². The standard InChI is InChI=1S/C11H11ClF3NO3/c12-7-3-5(1-2-6(7)11(13,14)15)10(19)8(17)4-9(16)18/h1-3,8,10,17,19H,4H2,(H2,16,18). The van der Waals surface area contributed by atoms with Crippen molar-refractivity contribution < 1.29 is 28.2 Å². The average molecular weight is 298 g/mol. The smallest absolute Gasteiger partial charge is 0.390 e. The van der Waals surface area contributed by atoms with Gasteiger partial charge in [0.15, 0.2) is 0 Å². The molecule has 0 saturated heterocycles. The molecule has 0 bridgehead atoms. The highest BCUT2D eigenvalue weighted by Gasteiger charge is 2.33. The Hall–Kier alpha value is -1.31. The van der Waals surface area contributed by atoms with E-state index in [0.29, 0.717) is 6.07 Å². The Labute approximate surface area is 111 Å². The number of hydrogen-bond donors (Lipinski definition) is 3. The fourth-order valence-corrected chi connectivity index (χ4v) is 1.78. The van der Waals surface area contributed by atoms with Crippen LogP contribution in [0.15, 0.2) is 18.2 Å². The molecular formula is C11H11ClF3NO3. The van der Waals surface area contributed by atoms with Gasteiger partial charge in [-0.05, 0) is 17.7 Å². The second-order valence-electron chi connectivity index (χ2n) is 3.92. The van der Waals surface area contributed by atoms with Crippen LogP contribution in [0.5, 0.6) is 0 Å². The molecule has 0 fully saturated rings. The summed E-state index contributed by atoms with van der Waals surface area (Å²) >= 11 is 5.46. The van der Waals surface area contributed by atoms with Crippen LogP contribution in [0, 0.1) is 0 Å². The van der Waals surface area contributed by atoms with Gasteiger partial charge in [0.05, 0.1) is 23.1 Å². The topological polar surface area (TPSA) is 83.6 Å². The quantitative estimate of drug-likeness (QED) is 0.790. The van der Waals surface area contributed by atoms with Crippen molar-refractivity contribution in [3.63, 3.8) is 0 Å². The van der Waals surface area contributed by atoms with Gasteiger partial charge in [-0.15, -0.1) is 0 Å². The predicted molar refractivity (Wildman–Crippen MR) is 61.2 cm³/mol. The molecule has 0 aliphatic heterocycles. The lowest BCUT2D eigenvalue weighted by atomic mass is 10.0. The molecule has 0 heterocycles. The first kappa shape index (κ1) is 15.7. The van der Waals surface area contributed by atoms with Crippen molar-refractivity contribution in [1.82, 2.24) is 0 Å². The lowest BCUT2D eigenvalue weighted by Gasteiger charge is -2.18. The Kier molecular flexibility index (Phi) is 4.78. The minimum atomic E-state index is -4.60. The summed E-state index contributed by atoms with van der Waals surface area (Å²) in [5.41, 5.74) is 3.75. The monoisotopic (exact) mass is 297 g/mol. The number of aliphatic hydroxyl groups excluding tert-OH is 2. The van der Waals surface area contributed by atoms with E-state index < -0.39 is 41.3 Å². The number of rotatable bonds is 4. The first-order chi connectivity index (χ1) is 8.62. The number of nitrogens with two attached hydrogens (primary N) is 1. The molecule has 4 N–H and O–H groups in total. The number of amides is 1. The Bertz CT molecular complexity index is 479. The van der Waals surface area contributed by atoms with E-state index in [1.54, 1.807) is 0 Å². The fraction of sp³-hybridized carbons (Fsp3) is 0.364. The van der Waals surface area contributed by atoms with Gasteiger partial charge < -0.3 is 15.9 Å². The zero-order valence-corrected chi connectivity index (χ0v) is 10.2. The van der Waals surface area contributed by atoms with E-state index in [-0.39, 0.29) is 5.56 Å². The van der Waals surface area contributed by atoms with Crippen LogP contribution in [0.25, 0.3) is 0 Å². The van der Waals surface area contributed by atoms with Crippen LogP contribution in [0.4, 0.5) is 13.2 Å². The number of hydrogen-bond acceptors (Lipinski definition) is 3. The summed E-state index contributed by atoms with van der Waals surface area (Å²) in [5.74, 6) is -0.843. The van der Waals surface area contributed by atoms with Crippen LogP contribution in [-0.2, 0) is 11.0 Å². The van der Waals surface area contributed by atoms with E-state index in [1.807, 2.05) is 0 Å². The van der Waals surface area contributed by atoms with Crippen molar-refractivity contribution >= 4 is 17.5 Å². The lowest BCUT2D eigenvalue weighted by molar-refractivity contribution is -0.137. The second-order valence-corrected chi connectivity index (χ2v) is 4.33. The molecule has 0 aromatic heterocycles. The lowest BCUT2D eigenvalue weighted by Crippen LogP contribution is -2.25. The van der Waals surface area contributed by atoms with Gasteiger partial charge in [0.2, 0.25) is 5.91 Å². The van der Waals surface area contributed by atoms with Gasteiger partial charge >= 0.3 is 6.18 Å². The minimum absolute atomic E-state index is 0.0354. The molecule has 2 atom stereocenters. The summed E-state index contributed by atoms with van der Waals surface area (Å²) in [6.45, 7) is 0. The first-order valence-corrected chi connectivity index (χ1v) is 5.51. The second kappa shape index (κ2) is 5.77. The van der Waals surface area contributed by atoms with E-state index in [9.17, 15) is 28.2 Å². The number of alkyl halides is 3. The maximum atomic E-state index is 12.5. The molecule has 1 amide bonds. The first-order valence-electron chi connectivity index (χ1n) is 5.14. The molecule has 2 unspecified atom stereocenters. The van der Waals surface area contributed by atoms with Crippen LogP contribution < -0.4 is 5.73 Å². The van der Waals surface area contributed by atoms with Crippen LogP contribution in [0.2, 0.25) is 5.02 Å². The number of aliphatic hydroxyl groups is 2. The third-order valence-electron chi connectivity index (χ3n) is 2.41. The molecule has 1 aromatic carbocycles. The Morgan fingerprint density at radius 2 is 1.95 bits per heavy atom. The molecular weight excluding hydrogens is 287 g/mol. The van der Waals surface area contributed by atoms with E-state index in [4.69, 9.17) is 17.3 Å². The van der Waals surface area contributed by atoms with Gasteiger partial charge in [-0.1, -0.05) is 17.7 Å². The van der Waals surface area contributed by atoms with Crippen LogP contribution in [0.1, 0.15) is 23.7 Å². The zero-order chi connectivity index (χ0) is 14.8. The van der Waals surface area contributed by atoms with E-state index in [1.165, 1.54) is 0 Å². The van der Waals surface area contributed by atoms with Crippen LogP contribution in [-0.4, -0.2) is 22.2 Å². The van der Waals surface area contributed by atoms with Crippen molar-refractivity contribution in [2.45, 2.75) is 24.8 Å². The third kappa shape index (κ3) is 4.09. The summed E-state index contributed by atoms with van der Waals surface area (Å²) in [6, 6.07) is 2.56. The highest BCUT2D eigenvalue weighted by Crippen LogP contribution is 2.36. The summed E-state index contributed by atoms with van der Waals surface area (Å²) in [6.07, 6.45) is -8.18. The van der Waals surface area contributed by atoms with Crippen molar-refractivity contribution in [2.75, 3.05) is 0 Å².